The zero-order chi connectivity index (χ0) is 15.7. The van der Waals surface area contributed by atoms with Crippen molar-refractivity contribution in [1.82, 2.24) is 5.32 Å². The summed E-state index contributed by atoms with van der Waals surface area (Å²) < 4.78 is 5.87. The van der Waals surface area contributed by atoms with Crippen LogP contribution in [0.15, 0.2) is 16.5 Å². The van der Waals surface area contributed by atoms with Gasteiger partial charge >= 0.3 is 0 Å². The SMILES string of the molecule is Cc1c(C(=O)NCCC(C)C)oc2ccc3c(c12)CCCC3. The molecule has 3 heteroatoms. The molecule has 2 aromatic rings. The van der Waals surface area contributed by atoms with Gasteiger partial charge in [-0.3, -0.25) is 4.79 Å². The third kappa shape index (κ3) is 2.77. The number of rotatable bonds is 4. The molecule has 0 unspecified atom stereocenters. The fourth-order valence-electron chi connectivity index (χ4n) is 3.37. The van der Waals surface area contributed by atoms with E-state index in [-0.39, 0.29) is 5.91 Å². The third-order valence-corrected chi connectivity index (χ3v) is 4.64. The smallest absolute Gasteiger partial charge is 0.287 e. The molecule has 1 aromatic carbocycles. The lowest BCUT2D eigenvalue weighted by atomic mass is 9.88. The first-order valence-corrected chi connectivity index (χ1v) is 8.40. The summed E-state index contributed by atoms with van der Waals surface area (Å²) in [4.78, 5) is 12.4. The number of amides is 1. The molecular weight excluding hydrogens is 274 g/mol. The van der Waals surface area contributed by atoms with Crippen molar-refractivity contribution < 1.29 is 9.21 Å². The quantitative estimate of drug-likeness (QED) is 0.909. The lowest BCUT2D eigenvalue weighted by Crippen LogP contribution is -2.25. The van der Waals surface area contributed by atoms with E-state index in [9.17, 15) is 4.79 Å². The van der Waals surface area contributed by atoms with Crippen LogP contribution in [0.25, 0.3) is 11.0 Å². The summed E-state index contributed by atoms with van der Waals surface area (Å²) in [6, 6.07) is 4.19. The molecule has 1 heterocycles. The maximum Gasteiger partial charge on any atom is 0.287 e. The van der Waals surface area contributed by atoms with Crippen molar-refractivity contribution in [1.29, 1.82) is 0 Å². The van der Waals surface area contributed by atoms with Gasteiger partial charge in [0.05, 0.1) is 0 Å². The molecule has 0 atom stereocenters. The number of carbonyl (C=O) groups excluding carboxylic acids is 1. The lowest BCUT2D eigenvalue weighted by Gasteiger charge is -2.16. The molecule has 0 aliphatic heterocycles. The molecule has 0 bridgehead atoms. The van der Waals surface area contributed by atoms with Crippen LogP contribution in [-0.4, -0.2) is 12.5 Å². The second-order valence-electron chi connectivity index (χ2n) is 6.78. The number of hydrogen-bond acceptors (Lipinski definition) is 2. The minimum atomic E-state index is -0.0843. The molecule has 1 aliphatic rings. The van der Waals surface area contributed by atoms with Crippen LogP contribution in [0, 0.1) is 12.8 Å². The lowest BCUT2D eigenvalue weighted by molar-refractivity contribution is 0.0925. The minimum Gasteiger partial charge on any atom is -0.451 e. The highest BCUT2D eigenvalue weighted by molar-refractivity contribution is 6.00. The summed E-state index contributed by atoms with van der Waals surface area (Å²) in [6.45, 7) is 7.03. The number of aryl methyl sites for hydroxylation is 3. The van der Waals surface area contributed by atoms with Gasteiger partial charge in [-0.05, 0) is 62.1 Å². The zero-order valence-electron chi connectivity index (χ0n) is 13.8. The van der Waals surface area contributed by atoms with Gasteiger partial charge in [-0.2, -0.15) is 0 Å². The largest absolute Gasteiger partial charge is 0.451 e. The molecular formula is C19H25NO2. The van der Waals surface area contributed by atoms with Crippen molar-refractivity contribution in [3.8, 4) is 0 Å². The summed E-state index contributed by atoms with van der Waals surface area (Å²) in [5, 5.41) is 4.15. The molecule has 1 N–H and O–H groups in total. The molecule has 0 radical (unpaired) electrons. The van der Waals surface area contributed by atoms with Crippen molar-refractivity contribution in [2.45, 2.75) is 52.9 Å². The van der Waals surface area contributed by atoms with Gasteiger partial charge < -0.3 is 9.73 Å². The topological polar surface area (TPSA) is 42.2 Å². The number of nitrogens with one attached hydrogen (secondary N) is 1. The van der Waals surface area contributed by atoms with Crippen molar-refractivity contribution in [3.63, 3.8) is 0 Å². The number of furan rings is 1. The highest BCUT2D eigenvalue weighted by Crippen LogP contribution is 2.34. The van der Waals surface area contributed by atoms with E-state index in [2.05, 4.69) is 25.2 Å². The van der Waals surface area contributed by atoms with E-state index in [1.165, 1.54) is 29.4 Å². The molecule has 0 fully saturated rings. The second kappa shape index (κ2) is 6.15. The number of benzene rings is 1. The molecule has 22 heavy (non-hydrogen) atoms. The number of hydrogen-bond donors (Lipinski definition) is 1. The highest BCUT2D eigenvalue weighted by atomic mass is 16.3. The third-order valence-electron chi connectivity index (χ3n) is 4.64. The average molecular weight is 299 g/mol. The summed E-state index contributed by atoms with van der Waals surface area (Å²) in [6.07, 6.45) is 5.72. The van der Waals surface area contributed by atoms with Crippen molar-refractivity contribution in [2.24, 2.45) is 5.92 Å². The van der Waals surface area contributed by atoms with Gasteiger partial charge in [0, 0.05) is 17.5 Å². The fourth-order valence-corrected chi connectivity index (χ4v) is 3.37. The first-order valence-electron chi connectivity index (χ1n) is 8.40. The molecule has 1 amide bonds. The summed E-state index contributed by atoms with van der Waals surface area (Å²) in [5.74, 6) is 0.987. The molecule has 0 spiro atoms. The van der Waals surface area contributed by atoms with Gasteiger partial charge in [0.1, 0.15) is 5.58 Å². The van der Waals surface area contributed by atoms with Crippen LogP contribution >= 0.6 is 0 Å². The first-order chi connectivity index (χ1) is 10.6. The van der Waals surface area contributed by atoms with Crippen LogP contribution in [0.4, 0.5) is 0 Å². The van der Waals surface area contributed by atoms with Crippen LogP contribution in [0.3, 0.4) is 0 Å². The van der Waals surface area contributed by atoms with Gasteiger partial charge in [-0.15, -0.1) is 0 Å². The Morgan fingerprint density at radius 3 is 2.82 bits per heavy atom. The predicted octanol–water partition coefficient (Wildman–Crippen LogP) is 4.40. The van der Waals surface area contributed by atoms with Gasteiger partial charge in [0.25, 0.3) is 5.91 Å². The number of carbonyl (C=O) groups is 1. The average Bonchev–Trinajstić information content (AvgIpc) is 2.84. The van der Waals surface area contributed by atoms with Crippen LogP contribution in [0.5, 0.6) is 0 Å². The standard InChI is InChI=1S/C19H25NO2/c1-12(2)10-11-20-19(21)18-13(3)17-15-7-5-4-6-14(15)8-9-16(17)22-18/h8-9,12H,4-7,10-11H2,1-3H3,(H,20,21). The molecule has 0 saturated heterocycles. The minimum absolute atomic E-state index is 0.0843. The summed E-state index contributed by atoms with van der Waals surface area (Å²) >= 11 is 0. The first kappa shape index (κ1) is 15.1. The molecule has 118 valence electrons. The van der Waals surface area contributed by atoms with Crippen LogP contribution in [0.2, 0.25) is 0 Å². The van der Waals surface area contributed by atoms with Crippen molar-refractivity contribution in [3.05, 3.63) is 34.6 Å². The maximum atomic E-state index is 12.4. The Labute approximate surface area is 132 Å². The summed E-state index contributed by atoms with van der Waals surface area (Å²) in [5.41, 5.74) is 4.67. The van der Waals surface area contributed by atoms with E-state index < -0.39 is 0 Å². The van der Waals surface area contributed by atoms with E-state index in [1.54, 1.807) is 0 Å². The van der Waals surface area contributed by atoms with Crippen molar-refractivity contribution >= 4 is 16.9 Å². The Balaban J connectivity index is 1.91. The normalized spacial score (nSPS) is 14.4. The van der Waals surface area contributed by atoms with Gasteiger partial charge in [-0.1, -0.05) is 19.9 Å². The second-order valence-corrected chi connectivity index (χ2v) is 6.78. The molecule has 1 aliphatic carbocycles. The Kier molecular flexibility index (Phi) is 4.23. The monoisotopic (exact) mass is 299 g/mol. The van der Waals surface area contributed by atoms with Crippen LogP contribution in [0.1, 0.15) is 60.4 Å². The molecule has 1 aromatic heterocycles. The van der Waals surface area contributed by atoms with Crippen molar-refractivity contribution in [2.75, 3.05) is 6.54 Å². The van der Waals surface area contributed by atoms with E-state index >= 15 is 0 Å². The van der Waals surface area contributed by atoms with Gasteiger partial charge in [-0.25, -0.2) is 0 Å². The Bertz CT molecular complexity index is 697. The van der Waals surface area contributed by atoms with Gasteiger partial charge in [0.15, 0.2) is 5.76 Å². The fraction of sp³-hybridized carbons (Fsp3) is 0.526. The zero-order valence-corrected chi connectivity index (χ0v) is 13.8. The van der Waals surface area contributed by atoms with E-state index in [4.69, 9.17) is 4.42 Å². The van der Waals surface area contributed by atoms with E-state index in [0.29, 0.717) is 18.2 Å². The van der Waals surface area contributed by atoms with Crippen LogP contribution < -0.4 is 5.32 Å². The number of fused-ring (bicyclic) bond motifs is 3. The highest BCUT2D eigenvalue weighted by Gasteiger charge is 2.22. The summed E-state index contributed by atoms with van der Waals surface area (Å²) in [7, 11) is 0. The van der Waals surface area contributed by atoms with Gasteiger partial charge in [0.2, 0.25) is 0 Å². The molecule has 0 saturated carbocycles. The Morgan fingerprint density at radius 2 is 2.05 bits per heavy atom. The Hall–Kier alpha value is -1.77. The van der Waals surface area contributed by atoms with Crippen LogP contribution in [-0.2, 0) is 12.8 Å². The molecule has 3 nitrogen and oxygen atoms in total. The predicted molar refractivity (Wildman–Crippen MR) is 89.4 cm³/mol. The molecule has 3 rings (SSSR count). The van der Waals surface area contributed by atoms with E-state index in [1.807, 2.05) is 13.0 Å². The Morgan fingerprint density at radius 1 is 1.27 bits per heavy atom. The maximum absolute atomic E-state index is 12.4. The van der Waals surface area contributed by atoms with E-state index in [0.717, 1.165) is 30.4 Å².